The summed E-state index contributed by atoms with van der Waals surface area (Å²) in [6, 6.07) is 1.14. The normalized spacial score (nSPS) is 31.7. The molecule has 1 saturated heterocycles. The molecule has 0 bridgehead atoms. The van der Waals surface area contributed by atoms with Crippen LogP contribution in [0.3, 0.4) is 0 Å². The molecular formula is C10H14N2O6. The number of H-pyrrole nitrogens is 1. The summed E-state index contributed by atoms with van der Waals surface area (Å²) < 4.78 is 11.4. The van der Waals surface area contributed by atoms with E-state index in [1.807, 2.05) is 0 Å². The minimum absolute atomic E-state index is 0.343. The van der Waals surface area contributed by atoms with E-state index in [2.05, 4.69) is 4.98 Å². The van der Waals surface area contributed by atoms with Crippen molar-refractivity contribution in [3.63, 3.8) is 0 Å². The minimum Gasteiger partial charge on any atom is -0.394 e. The van der Waals surface area contributed by atoms with Gasteiger partial charge in [-0.25, -0.2) is 4.79 Å². The maximum Gasteiger partial charge on any atom is 0.330 e. The predicted molar refractivity (Wildman–Crippen MR) is 59.1 cm³/mol. The fourth-order valence-electron chi connectivity index (χ4n) is 2.02. The maximum atomic E-state index is 11.6. The number of hydrogen-bond acceptors (Lipinski definition) is 6. The van der Waals surface area contributed by atoms with Crippen LogP contribution in [0.2, 0.25) is 0 Å². The van der Waals surface area contributed by atoms with Gasteiger partial charge in [0.2, 0.25) is 0 Å². The van der Waals surface area contributed by atoms with Crippen molar-refractivity contribution < 1.29 is 19.7 Å². The highest BCUT2D eigenvalue weighted by Crippen LogP contribution is 2.29. The molecule has 0 aliphatic carbocycles. The zero-order valence-electron chi connectivity index (χ0n) is 9.65. The number of rotatable bonds is 3. The van der Waals surface area contributed by atoms with Gasteiger partial charge < -0.3 is 19.7 Å². The van der Waals surface area contributed by atoms with Crippen LogP contribution in [0.25, 0.3) is 0 Å². The number of nitrogens with zero attached hydrogens (tertiary/aromatic N) is 1. The van der Waals surface area contributed by atoms with Crippen molar-refractivity contribution in [2.45, 2.75) is 24.5 Å². The van der Waals surface area contributed by atoms with E-state index >= 15 is 0 Å². The molecule has 100 valence electrons. The summed E-state index contributed by atoms with van der Waals surface area (Å²) in [6.45, 7) is -0.343. The Labute approximate surface area is 101 Å². The third-order valence-electron chi connectivity index (χ3n) is 2.89. The standard InChI is InChI=1S/C10H14N2O6/c1-17-8-5(4-13)18-9(7(8)15)12-3-2-6(14)11-10(12)16/h2-3,5,7-9,13,15H,4H2,1H3,(H,11,14,16)/t5-,7+,8+,9-/m0/s1. The number of hydrogen-bond donors (Lipinski definition) is 3. The van der Waals surface area contributed by atoms with Gasteiger partial charge in [0.25, 0.3) is 5.56 Å². The Kier molecular flexibility index (Phi) is 3.62. The summed E-state index contributed by atoms with van der Waals surface area (Å²) in [5, 5.41) is 19.1. The molecule has 1 aliphatic heterocycles. The van der Waals surface area contributed by atoms with Crippen molar-refractivity contribution in [2.24, 2.45) is 0 Å². The van der Waals surface area contributed by atoms with Crippen LogP contribution in [0, 0.1) is 0 Å². The van der Waals surface area contributed by atoms with Crippen LogP contribution in [-0.2, 0) is 9.47 Å². The Morgan fingerprint density at radius 2 is 2.28 bits per heavy atom. The number of aromatic amines is 1. The van der Waals surface area contributed by atoms with Gasteiger partial charge in [-0.05, 0) is 0 Å². The Balaban J connectivity index is 2.34. The molecule has 0 saturated carbocycles. The van der Waals surface area contributed by atoms with Gasteiger partial charge in [0.05, 0.1) is 6.61 Å². The highest BCUT2D eigenvalue weighted by Gasteiger charge is 2.44. The average Bonchev–Trinajstić information content (AvgIpc) is 2.66. The fraction of sp³-hybridized carbons (Fsp3) is 0.600. The summed E-state index contributed by atoms with van der Waals surface area (Å²) >= 11 is 0. The molecule has 1 aromatic rings. The Hall–Kier alpha value is -1.48. The van der Waals surface area contributed by atoms with E-state index in [9.17, 15) is 14.7 Å². The second-order valence-electron chi connectivity index (χ2n) is 3.96. The lowest BCUT2D eigenvalue weighted by Crippen LogP contribution is -2.38. The Morgan fingerprint density at radius 1 is 1.56 bits per heavy atom. The Bertz CT molecular complexity index is 524. The molecule has 18 heavy (non-hydrogen) atoms. The summed E-state index contributed by atoms with van der Waals surface area (Å²) in [5.41, 5.74) is -1.23. The van der Waals surface area contributed by atoms with Gasteiger partial charge in [-0.2, -0.15) is 0 Å². The highest BCUT2D eigenvalue weighted by molar-refractivity contribution is 4.93. The Morgan fingerprint density at radius 3 is 2.78 bits per heavy atom. The van der Waals surface area contributed by atoms with Crippen LogP contribution in [0.15, 0.2) is 21.9 Å². The molecule has 0 aromatic carbocycles. The average molecular weight is 258 g/mol. The highest BCUT2D eigenvalue weighted by atomic mass is 16.6. The molecule has 1 aromatic heterocycles. The first-order chi connectivity index (χ1) is 8.58. The first kappa shape index (κ1) is 13.0. The van der Waals surface area contributed by atoms with Crippen molar-refractivity contribution in [3.05, 3.63) is 33.1 Å². The van der Waals surface area contributed by atoms with Crippen LogP contribution in [0.4, 0.5) is 0 Å². The van der Waals surface area contributed by atoms with E-state index in [0.29, 0.717) is 0 Å². The largest absolute Gasteiger partial charge is 0.394 e. The number of aromatic nitrogens is 2. The second kappa shape index (κ2) is 5.02. The molecule has 3 N–H and O–H groups in total. The SMILES string of the molecule is CO[C@H]1[C@@H](O)[C@@H](n2ccc(=O)[nH]c2=O)O[C@H]1CO. The number of aliphatic hydroxyl groups excluding tert-OH is 2. The number of nitrogens with one attached hydrogen (secondary N) is 1. The lowest BCUT2D eigenvalue weighted by atomic mass is 10.1. The van der Waals surface area contributed by atoms with Crippen molar-refractivity contribution in [3.8, 4) is 0 Å². The summed E-state index contributed by atoms with van der Waals surface area (Å²) in [4.78, 5) is 24.6. The monoisotopic (exact) mass is 258 g/mol. The van der Waals surface area contributed by atoms with E-state index in [0.717, 1.165) is 10.6 Å². The first-order valence-corrected chi connectivity index (χ1v) is 5.37. The zero-order valence-corrected chi connectivity index (χ0v) is 9.65. The number of methoxy groups -OCH3 is 1. The third-order valence-corrected chi connectivity index (χ3v) is 2.89. The van der Waals surface area contributed by atoms with Gasteiger partial charge in [0, 0.05) is 19.4 Å². The quantitative estimate of drug-likeness (QED) is 0.567. The molecule has 2 heterocycles. The van der Waals surface area contributed by atoms with E-state index in [-0.39, 0.29) is 6.61 Å². The van der Waals surface area contributed by atoms with E-state index in [4.69, 9.17) is 14.6 Å². The molecule has 0 spiro atoms. The van der Waals surface area contributed by atoms with Crippen molar-refractivity contribution in [1.82, 2.24) is 9.55 Å². The molecule has 8 nitrogen and oxygen atoms in total. The van der Waals surface area contributed by atoms with Gasteiger partial charge in [-0.1, -0.05) is 0 Å². The van der Waals surface area contributed by atoms with Gasteiger partial charge in [-0.3, -0.25) is 14.3 Å². The maximum absolute atomic E-state index is 11.6. The van der Waals surface area contributed by atoms with Crippen LogP contribution in [0.5, 0.6) is 0 Å². The number of ether oxygens (including phenoxy) is 2. The first-order valence-electron chi connectivity index (χ1n) is 5.37. The van der Waals surface area contributed by atoms with Crippen LogP contribution in [0.1, 0.15) is 6.23 Å². The van der Waals surface area contributed by atoms with E-state index in [1.54, 1.807) is 0 Å². The van der Waals surface area contributed by atoms with Crippen LogP contribution < -0.4 is 11.2 Å². The van der Waals surface area contributed by atoms with Gasteiger partial charge in [-0.15, -0.1) is 0 Å². The van der Waals surface area contributed by atoms with Crippen molar-refractivity contribution in [1.29, 1.82) is 0 Å². The van der Waals surface area contributed by atoms with Crippen LogP contribution >= 0.6 is 0 Å². The van der Waals surface area contributed by atoms with Gasteiger partial charge >= 0.3 is 5.69 Å². The summed E-state index contributed by atoms with van der Waals surface area (Å²) in [6.07, 6.45) is -2.36. The van der Waals surface area contributed by atoms with Crippen molar-refractivity contribution >= 4 is 0 Å². The lowest BCUT2D eigenvalue weighted by molar-refractivity contribution is -0.0569. The van der Waals surface area contributed by atoms with E-state index in [1.165, 1.54) is 13.3 Å². The smallest absolute Gasteiger partial charge is 0.330 e. The van der Waals surface area contributed by atoms with Crippen LogP contribution in [-0.4, -0.2) is 51.8 Å². The molecule has 0 unspecified atom stereocenters. The molecule has 0 amide bonds. The summed E-state index contributed by atoms with van der Waals surface area (Å²) in [7, 11) is 1.37. The molecule has 4 atom stereocenters. The molecule has 2 rings (SSSR count). The molecular weight excluding hydrogens is 244 g/mol. The fourth-order valence-corrected chi connectivity index (χ4v) is 2.02. The lowest BCUT2D eigenvalue weighted by Gasteiger charge is -2.17. The van der Waals surface area contributed by atoms with Gasteiger partial charge in [0.1, 0.15) is 18.3 Å². The zero-order chi connectivity index (χ0) is 13.3. The third kappa shape index (κ3) is 2.10. The summed E-state index contributed by atoms with van der Waals surface area (Å²) in [5.74, 6) is 0. The topological polar surface area (TPSA) is 114 Å². The molecule has 1 aliphatic rings. The van der Waals surface area contributed by atoms with Crippen molar-refractivity contribution in [2.75, 3.05) is 13.7 Å². The predicted octanol–water partition coefficient (Wildman–Crippen LogP) is -2.20. The second-order valence-corrected chi connectivity index (χ2v) is 3.96. The molecule has 8 heteroatoms. The van der Waals surface area contributed by atoms with E-state index < -0.39 is 35.8 Å². The van der Waals surface area contributed by atoms with Gasteiger partial charge in [0.15, 0.2) is 6.23 Å². The minimum atomic E-state index is -1.12. The molecule has 0 radical (unpaired) electrons. The molecule has 1 fully saturated rings. The number of aliphatic hydroxyl groups is 2.